The maximum atomic E-state index is 13.3. The molecule has 3 rings (SSSR count). The first-order chi connectivity index (χ1) is 9.69. The molecule has 0 radical (unpaired) electrons. The van der Waals surface area contributed by atoms with Crippen molar-refractivity contribution in [2.75, 3.05) is 24.5 Å². The van der Waals surface area contributed by atoms with Crippen molar-refractivity contribution in [3.63, 3.8) is 0 Å². The van der Waals surface area contributed by atoms with E-state index >= 15 is 0 Å². The predicted octanol–water partition coefficient (Wildman–Crippen LogP) is 2.70. The number of carbonyl (C=O) groups is 1. The monoisotopic (exact) mass is 276 g/mol. The van der Waals surface area contributed by atoms with Crippen molar-refractivity contribution in [2.24, 2.45) is 0 Å². The Balaban J connectivity index is 1.87. The van der Waals surface area contributed by atoms with Crippen LogP contribution < -0.4 is 4.90 Å². The van der Waals surface area contributed by atoms with E-state index in [1.54, 1.807) is 6.07 Å². The summed E-state index contributed by atoms with van der Waals surface area (Å²) in [5, 5.41) is 0. The third kappa shape index (κ3) is 2.44. The number of fused-ring (bicyclic) bond motifs is 1. The number of nitrogens with zero attached hydrogens (tertiary/aromatic N) is 2. The number of piperazine rings is 1. The number of halogens is 1. The van der Waals surface area contributed by atoms with Crippen molar-refractivity contribution in [3.8, 4) is 0 Å². The van der Waals surface area contributed by atoms with Gasteiger partial charge in [0.15, 0.2) is 6.29 Å². The molecule has 4 heteroatoms. The molecular formula is C16H21FN2O. The molecule has 2 heterocycles. The lowest BCUT2D eigenvalue weighted by Crippen LogP contribution is -2.59. The van der Waals surface area contributed by atoms with Gasteiger partial charge in [0.1, 0.15) is 5.82 Å². The summed E-state index contributed by atoms with van der Waals surface area (Å²) in [7, 11) is 0. The summed E-state index contributed by atoms with van der Waals surface area (Å²) in [4.78, 5) is 16.0. The zero-order valence-electron chi connectivity index (χ0n) is 11.9. The zero-order valence-corrected chi connectivity index (χ0v) is 11.9. The average Bonchev–Trinajstić information content (AvgIpc) is 2.46. The Labute approximate surface area is 119 Å². The molecule has 0 aliphatic carbocycles. The van der Waals surface area contributed by atoms with Crippen LogP contribution in [0.5, 0.6) is 0 Å². The van der Waals surface area contributed by atoms with Crippen LogP contribution in [0, 0.1) is 5.82 Å². The first-order valence-electron chi connectivity index (χ1n) is 7.44. The molecule has 0 N–H and O–H groups in total. The third-order valence-corrected chi connectivity index (χ3v) is 4.61. The maximum Gasteiger partial charge on any atom is 0.152 e. The van der Waals surface area contributed by atoms with Crippen LogP contribution in [0.2, 0.25) is 0 Å². The Hall–Kier alpha value is -1.42. The standard InChI is InChI=1S/C16H21FN2O/c1-12-9-18-7-3-2-4-15(18)10-19(12)16-6-5-14(17)8-13(16)11-20/h5-6,8,11-12,15H,2-4,7,9-10H2,1H3. The van der Waals surface area contributed by atoms with Gasteiger partial charge < -0.3 is 4.90 Å². The molecule has 3 nitrogen and oxygen atoms in total. The quantitative estimate of drug-likeness (QED) is 0.776. The van der Waals surface area contributed by atoms with E-state index in [-0.39, 0.29) is 5.82 Å². The number of hydrogen-bond donors (Lipinski definition) is 0. The summed E-state index contributed by atoms with van der Waals surface area (Å²) >= 11 is 0. The molecule has 0 saturated carbocycles. The number of piperidine rings is 1. The van der Waals surface area contributed by atoms with Gasteiger partial charge >= 0.3 is 0 Å². The van der Waals surface area contributed by atoms with Crippen LogP contribution in [0.1, 0.15) is 36.5 Å². The van der Waals surface area contributed by atoms with Crippen LogP contribution in [0.3, 0.4) is 0 Å². The lowest BCUT2D eigenvalue weighted by atomic mass is 9.96. The van der Waals surface area contributed by atoms with Gasteiger partial charge in [-0.15, -0.1) is 0 Å². The molecule has 0 amide bonds. The molecular weight excluding hydrogens is 255 g/mol. The van der Waals surface area contributed by atoms with E-state index in [4.69, 9.17) is 0 Å². The highest BCUT2D eigenvalue weighted by Gasteiger charge is 2.33. The number of anilines is 1. The van der Waals surface area contributed by atoms with Gasteiger partial charge in [0.2, 0.25) is 0 Å². The molecule has 2 unspecified atom stereocenters. The summed E-state index contributed by atoms with van der Waals surface area (Å²) in [6, 6.07) is 5.46. The van der Waals surface area contributed by atoms with Crippen molar-refractivity contribution in [1.29, 1.82) is 0 Å². The molecule has 0 aromatic heterocycles. The smallest absolute Gasteiger partial charge is 0.152 e. The second-order valence-electron chi connectivity index (χ2n) is 5.97. The van der Waals surface area contributed by atoms with Crippen LogP contribution in [0.4, 0.5) is 10.1 Å². The molecule has 2 aliphatic heterocycles. The van der Waals surface area contributed by atoms with Gasteiger partial charge in [-0.2, -0.15) is 0 Å². The van der Waals surface area contributed by atoms with Crippen molar-refractivity contribution < 1.29 is 9.18 Å². The lowest BCUT2D eigenvalue weighted by Gasteiger charge is -2.48. The molecule has 0 bridgehead atoms. The largest absolute Gasteiger partial charge is 0.365 e. The number of hydrogen-bond acceptors (Lipinski definition) is 3. The highest BCUT2D eigenvalue weighted by atomic mass is 19.1. The predicted molar refractivity (Wildman–Crippen MR) is 77.8 cm³/mol. The number of carbonyl (C=O) groups excluding carboxylic acids is 1. The van der Waals surface area contributed by atoms with E-state index in [1.807, 2.05) is 0 Å². The van der Waals surface area contributed by atoms with Gasteiger partial charge in [-0.3, -0.25) is 9.69 Å². The van der Waals surface area contributed by atoms with Crippen molar-refractivity contribution in [2.45, 2.75) is 38.3 Å². The van der Waals surface area contributed by atoms with Crippen molar-refractivity contribution in [1.82, 2.24) is 4.90 Å². The van der Waals surface area contributed by atoms with E-state index in [1.165, 1.54) is 37.9 Å². The number of aldehydes is 1. The molecule has 2 aliphatic rings. The van der Waals surface area contributed by atoms with Gasteiger partial charge in [-0.05, 0) is 44.5 Å². The number of rotatable bonds is 2. The van der Waals surface area contributed by atoms with Crippen LogP contribution in [0.15, 0.2) is 18.2 Å². The van der Waals surface area contributed by atoms with Crippen LogP contribution in [-0.4, -0.2) is 42.9 Å². The Morgan fingerprint density at radius 2 is 2.15 bits per heavy atom. The highest BCUT2D eigenvalue weighted by Crippen LogP contribution is 2.30. The van der Waals surface area contributed by atoms with E-state index in [2.05, 4.69) is 16.7 Å². The summed E-state index contributed by atoms with van der Waals surface area (Å²) in [5.41, 5.74) is 1.33. The fourth-order valence-corrected chi connectivity index (χ4v) is 3.57. The molecule has 1 aromatic carbocycles. The van der Waals surface area contributed by atoms with E-state index in [9.17, 15) is 9.18 Å². The van der Waals surface area contributed by atoms with Gasteiger partial charge in [-0.25, -0.2) is 4.39 Å². The maximum absolute atomic E-state index is 13.3. The molecule has 1 aromatic rings. The van der Waals surface area contributed by atoms with Crippen molar-refractivity contribution in [3.05, 3.63) is 29.6 Å². The van der Waals surface area contributed by atoms with Crippen LogP contribution >= 0.6 is 0 Å². The topological polar surface area (TPSA) is 23.6 Å². The van der Waals surface area contributed by atoms with Gasteiger partial charge in [-0.1, -0.05) is 6.42 Å². The van der Waals surface area contributed by atoms with Gasteiger partial charge in [0, 0.05) is 36.4 Å². The van der Waals surface area contributed by atoms with E-state index in [0.717, 1.165) is 25.1 Å². The molecule has 2 saturated heterocycles. The summed E-state index contributed by atoms with van der Waals surface area (Å²) < 4.78 is 13.3. The van der Waals surface area contributed by atoms with Crippen LogP contribution in [0.25, 0.3) is 0 Å². The second kappa shape index (κ2) is 5.52. The molecule has 2 atom stereocenters. The van der Waals surface area contributed by atoms with Gasteiger partial charge in [0.05, 0.1) is 0 Å². The molecule has 2 fully saturated rings. The normalized spacial score (nSPS) is 27.2. The lowest BCUT2D eigenvalue weighted by molar-refractivity contribution is 0.111. The Kier molecular flexibility index (Phi) is 3.74. The second-order valence-corrected chi connectivity index (χ2v) is 5.97. The summed E-state index contributed by atoms with van der Waals surface area (Å²) in [5.74, 6) is -0.347. The molecule has 108 valence electrons. The molecule has 0 spiro atoms. The van der Waals surface area contributed by atoms with E-state index in [0.29, 0.717) is 17.6 Å². The SMILES string of the molecule is CC1CN2CCCCC2CN1c1ccc(F)cc1C=O. The fourth-order valence-electron chi connectivity index (χ4n) is 3.57. The minimum Gasteiger partial charge on any atom is -0.365 e. The summed E-state index contributed by atoms with van der Waals surface area (Å²) in [6.45, 7) is 5.34. The minimum atomic E-state index is -0.347. The van der Waals surface area contributed by atoms with Crippen LogP contribution in [-0.2, 0) is 0 Å². The first-order valence-corrected chi connectivity index (χ1v) is 7.44. The minimum absolute atomic E-state index is 0.347. The van der Waals surface area contributed by atoms with Crippen molar-refractivity contribution >= 4 is 12.0 Å². The third-order valence-electron chi connectivity index (χ3n) is 4.61. The zero-order chi connectivity index (χ0) is 14.1. The highest BCUT2D eigenvalue weighted by molar-refractivity contribution is 5.84. The van der Waals surface area contributed by atoms with Gasteiger partial charge in [0.25, 0.3) is 0 Å². The first kappa shape index (κ1) is 13.6. The molecule has 20 heavy (non-hydrogen) atoms. The Morgan fingerprint density at radius 3 is 2.95 bits per heavy atom. The Bertz CT molecular complexity index is 505. The Morgan fingerprint density at radius 1 is 1.30 bits per heavy atom. The fraction of sp³-hybridized carbons (Fsp3) is 0.562. The average molecular weight is 276 g/mol. The van der Waals surface area contributed by atoms with E-state index < -0.39 is 0 Å². The summed E-state index contributed by atoms with van der Waals surface area (Å²) in [6.07, 6.45) is 4.56. The number of benzene rings is 1.